The van der Waals surface area contributed by atoms with E-state index >= 15 is 0 Å². The van der Waals surface area contributed by atoms with E-state index in [9.17, 15) is 9.59 Å². The number of anilines is 3. The van der Waals surface area contributed by atoms with E-state index in [0.717, 1.165) is 0 Å². The number of para-hydroxylation sites is 2. The molecule has 0 atom stereocenters. The molecule has 130 valence electrons. The van der Waals surface area contributed by atoms with Crippen molar-refractivity contribution in [3.8, 4) is 0 Å². The Kier molecular flexibility index (Phi) is 5.20. The molecule has 6 heteroatoms. The Morgan fingerprint density at radius 3 is 2.15 bits per heavy atom. The molecule has 0 aliphatic heterocycles. The molecule has 0 saturated heterocycles. The topological polar surface area (TPSA) is 84.2 Å². The molecule has 0 fully saturated rings. The van der Waals surface area contributed by atoms with Crippen molar-refractivity contribution in [1.82, 2.24) is 0 Å². The number of benzene rings is 3. The van der Waals surface area contributed by atoms with Crippen LogP contribution in [0.5, 0.6) is 0 Å². The van der Waals surface area contributed by atoms with Gasteiger partial charge in [0.15, 0.2) is 0 Å². The van der Waals surface area contributed by atoms with Crippen LogP contribution in [-0.2, 0) is 0 Å². The van der Waals surface area contributed by atoms with Gasteiger partial charge in [-0.25, -0.2) is 0 Å². The standard InChI is InChI=1S/C20H16ClN3O2/c21-13-6-5-7-14(12-13)23-20(26)16-9-2-4-11-18(16)24-19(25)15-8-1-3-10-17(15)22/h1-12H,22H2,(H,23,26)(H,24,25). The highest BCUT2D eigenvalue weighted by molar-refractivity contribution is 6.31. The molecule has 0 saturated carbocycles. The molecule has 0 spiro atoms. The van der Waals surface area contributed by atoms with Crippen molar-refractivity contribution >= 4 is 40.5 Å². The van der Waals surface area contributed by atoms with E-state index in [4.69, 9.17) is 17.3 Å². The molecule has 5 nitrogen and oxygen atoms in total. The number of halogens is 1. The highest BCUT2D eigenvalue weighted by atomic mass is 35.5. The van der Waals surface area contributed by atoms with Gasteiger partial charge in [0.1, 0.15) is 0 Å². The molecular weight excluding hydrogens is 350 g/mol. The van der Waals surface area contributed by atoms with Crippen LogP contribution in [0.15, 0.2) is 72.8 Å². The summed E-state index contributed by atoms with van der Waals surface area (Å²) >= 11 is 5.94. The van der Waals surface area contributed by atoms with E-state index in [1.54, 1.807) is 72.8 Å². The van der Waals surface area contributed by atoms with Gasteiger partial charge in [0.05, 0.1) is 16.8 Å². The smallest absolute Gasteiger partial charge is 0.257 e. The van der Waals surface area contributed by atoms with Crippen LogP contribution in [0.25, 0.3) is 0 Å². The van der Waals surface area contributed by atoms with Crippen molar-refractivity contribution in [2.45, 2.75) is 0 Å². The van der Waals surface area contributed by atoms with Crippen LogP contribution in [-0.4, -0.2) is 11.8 Å². The van der Waals surface area contributed by atoms with Crippen LogP contribution < -0.4 is 16.4 Å². The SMILES string of the molecule is Nc1ccccc1C(=O)Nc1ccccc1C(=O)Nc1cccc(Cl)c1. The third-order valence-electron chi connectivity index (χ3n) is 3.71. The number of amides is 2. The predicted octanol–water partition coefficient (Wildman–Crippen LogP) is 4.43. The van der Waals surface area contributed by atoms with Gasteiger partial charge in [-0.2, -0.15) is 0 Å². The fourth-order valence-corrected chi connectivity index (χ4v) is 2.64. The fourth-order valence-electron chi connectivity index (χ4n) is 2.45. The van der Waals surface area contributed by atoms with Gasteiger partial charge in [-0.05, 0) is 42.5 Å². The zero-order valence-electron chi connectivity index (χ0n) is 13.7. The summed E-state index contributed by atoms with van der Waals surface area (Å²) in [7, 11) is 0. The minimum Gasteiger partial charge on any atom is -0.398 e. The number of hydrogen-bond donors (Lipinski definition) is 3. The normalized spacial score (nSPS) is 10.2. The van der Waals surface area contributed by atoms with Crippen LogP contribution in [0.1, 0.15) is 20.7 Å². The summed E-state index contributed by atoms with van der Waals surface area (Å²) in [5, 5.41) is 6.02. The molecule has 0 aliphatic rings. The van der Waals surface area contributed by atoms with Gasteiger partial charge < -0.3 is 16.4 Å². The van der Waals surface area contributed by atoms with Crippen LogP contribution >= 0.6 is 11.6 Å². The number of nitrogen functional groups attached to an aromatic ring is 1. The van der Waals surface area contributed by atoms with Crippen molar-refractivity contribution < 1.29 is 9.59 Å². The molecule has 0 aliphatic carbocycles. The van der Waals surface area contributed by atoms with Crippen molar-refractivity contribution in [2.24, 2.45) is 0 Å². The second kappa shape index (κ2) is 7.72. The Hall–Kier alpha value is -3.31. The summed E-state index contributed by atoms with van der Waals surface area (Å²) in [6, 6.07) is 20.3. The number of carbonyl (C=O) groups is 2. The summed E-state index contributed by atoms with van der Waals surface area (Å²) in [4.78, 5) is 25.1. The zero-order chi connectivity index (χ0) is 18.5. The molecule has 2 amide bonds. The largest absolute Gasteiger partial charge is 0.398 e. The van der Waals surface area contributed by atoms with Gasteiger partial charge in [-0.1, -0.05) is 41.9 Å². The Bertz CT molecular complexity index is 973. The summed E-state index contributed by atoms with van der Waals surface area (Å²) < 4.78 is 0. The molecule has 0 unspecified atom stereocenters. The third kappa shape index (κ3) is 4.02. The van der Waals surface area contributed by atoms with Crippen molar-refractivity contribution in [2.75, 3.05) is 16.4 Å². The molecule has 0 aromatic heterocycles. The van der Waals surface area contributed by atoms with Gasteiger partial charge in [-0.15, -0.1) is 0 Å². The summed E-state index contributed by atoms with van der Waals surface area (Å²) in [6.07, 6.45) is 0. The lowest BCUT2D eigenvalue weighted by atomic mass is 10.1. The molecule has 3 aromatic carbocycles. The minimum atomic E-state index is -0.383. The Labute approximate surface area is 155 Å². The molecule has 0 heterocycles. The number of nitrogens with two attached hydrogens (primary N) is 1. The quantitative estimate of drug-likeness (QED) is 0.598. The summed E-state index contributed by atoms with van der Waals surface area (Å²) in [6.45, 7) is 0. The lowest BCUT2D eigenvalue weighted by Gasteiger charge is -2.12. The zero-order valence-corrected chi connectivity index (χ0v) is 14.5. The van der Waals surface area contributed by atoms with E-state index < -0.39 is 0 Å². The van der Waals surface area contributed by atoms with E-state index in [1.165, 1.54) is 0 Å². The van der Waals surface area contributed by atoms with E-state index in [-0.39, 0.29) is 11.8 Å². The van der Waals surface area contributed by atoms with Gasteiger partial charge >= 0.3 is 0 Å². The minimum absolute atomic E-state index is 0.329. The number of hydrogen-bond acceptors (Lipinski definition) is 3. The van der Waals surface area contributed by atoms with Gasteiger partial charge in [-0.3, -0.25) is 9.59 Å². The average molecular weight is 366 g/mol. The van der Waals surface area contributed by atoms with E-state index in [2.05, 4.69) is 10.6 Å². The fraction of sp³-hybridized carbons (Fsp3) is 0. The van der Waals surface area contributed by atoms with E-state index in [1.807, 2.05) is 0 Å². The Morgan fingerprint density at radius 1 is 0.769 bits per heavy atom. The van der Waals surface area contributed by atoms with Crippen LogP contribution in [0.2, 0.25) is 5.02 Å². The maximum absolute atomic E-state index is 12.6. The molecular formula is C20H16ClN3O2. The first-order valence-electron chi connectivity index (χ1n) is 7.86. The second-order valence-electron chi connectivity index (χ2n) is 5.55. The molecule has 0 radical (unpaired) electrons. The van der Waals surface area contributed by atoms with Gasteiger partial charge in [0.25, 0.3) is 11.8 Å². The Balaban J connectivity index is 1.83. The molecule has 26 heavy (non-hydrogen) atoms. The second-order valence-corrected chi connectivity index (χ2v) is 5.99. The number of rotatable bonds is 4. The summed E-state index contributed by atoms with van der Waals surface area (Å²) in [5.41, 5.74) is 7.83. The lowest BCUT2D eigenvalue weighted by Crippen LogP contribution is -2.19. The highest BCUT2D eigenvalue weighted by Crippen LogP contribution is 2.21. The molecule has 0 bridgehead atoms. The maximum atomic E-state index is 12.6. The van der Waals surface area contributed by atoms with Crippen molar-refractivity contribution in [3.63, 3.8) is 0 Å². The lowest BCUT2D eigenvalue weighted by molar-refractivity contribution is 0.102. The number of nitrogens with one attached hydrogen (secondary N) is 2. The van der Waals surface area contributed by atoms with Crippen LogP contribution in [0.4, 0.5) is 17.1 Å². The Morgan fingerprint density at radius 2 is 1.42 bits per heavy atom. The van der Waals surface area contributed by atoms with Crippen LogP contribution in [0.3, 0.4) is 0 Å². The average Bonchev–Trinajstić information content (AvgIpc) is 2.62. The predicted molar refractivity (Wildman–Crippen MR) is 105 cm³/mol. The first-order valence-corrected chi connectivity index (χ1v) is 8.24. The maximum Gasteiger partial charge on any atom is 0.257 e. The third-order valence-corrected chi connectivity index (χ3v) is 3.94. The monoisotopic (exact) mass is 365 g/mol. The van der Waals surface area contributed by atoms with Crippen molar-refractivity contribution in [3.05, 3.63) is 88.9 Å². The molecule has 3 aromatic rings. The first-order chi connectivity index (χ1) is 12.5. The summed E-state index contributed by atoms with van der Waals surface area (Å²) in [5.74, 6) is -0.740. The van der Waals surface area contributed by atoms with Crippen molar-refractivity contribution in [1.29, 1.82) is 0 Å². The van der Waals surface area contributed by atoms with Crippen LogP contribution in [0, 0.1) is 0 Å². The van der Waals surface area contributed by atoms with E-state index in [0.29, 0.717) is 33.2 Å². The van der Waals surface area contributed by atoms with Gasteiger partial charge in [0, 0.05) is 16.4 Å². The number of carbonyl (C=O) groups excluding carboxylic acids is 2. The molecule has 4 N–H and O–H groups in total. The molecule has 3 rings (SSSR count). The first kappa shape index (κ1) is 17.5. The van der Waals surface area contributed by atoms with Gasteiger partial charge in [0.2, 0.25) is 0 Å². The highest BCUT2D eigenvalue weighted by Gasteiger charge is 2.15.